The Kier molecular flexibility index (Phi) is 4.36. The highest BCUT2D eigenvalue weighted by Crippen LogP contribution is 2.34. The van der Waals surface area contributed by atoms with Gasteiger partial charge in [-0.25, -0.2) is 9.97 Å². The van der Waals surface area contributed by atoms with Gasteiger partial charge in [0.15, 0.2) is 18.1 Å². The standard InChI is InChI=1S/C19H22N4O3/c1-13-7-18(21-12-20-13)22-9-14-8-15(10-22)23(14)19(24)11-26-17-6-4-3-5-16(17)25-2/h3-7,12,14-15H,8-11H2,1-2H3. The van der Waals surface area contributed by atoms with Crippen molar-refractivity contribution in [3.05, 3.63) is 42.4 Å². The number of amides is 1. The Bertz CT molecular complexity index is 801. The second-order valence-electron chi connectivity index (χ2n) is 6.71. The number of aryl methyl sites for hydroxylation is 1. The number of aromatic nitrogens is 2. The number of carbonyl (C=O) groups is 1. The number of rotatable bonds is 5. The van der Waals surface area contributed by atoms with Crippen LogP contribution in [0.15, 0.2) is 36.7 Å². The van der Waals surface area contributed by atoms with Gasteiger partial charge in [-0.1, -0.05) is 12.1 Å². The zero-order valence-corrected chi connectivity index (χ0v) is 15.0. The summed E-state index contributed by atoms with van der Waals surface area (Å²) in [4.78, 5) is 25.3. The summed E-state index contributed by atoms with van der Waals surface area (Å²) in [6.07, 6.45) is 2.63. The third-order valence-electron chi connectivity index (χ3n) is 5.01. The second kappa shape index (κ2) is 6.82. The van der Waals surface area contributed by atoms with E-state index in [1.807, 2.05) is 42.2 Å². The van der Waals surface area contributed by atoms with Crippen molar-refractivity contribution in [2.24, 2.45) is 0 Å². The molecule has 3 saturated heterocycles. The topological polar surface area (TPSA) is 67.8 Å². The van der Waals surface area contributed by atoms with Crippen molar-refractivity contribution < 1.29 is 14.3 Å². The molecule has 26 heavy (non-hydrogen) atoms. The van der Waals surface area contributed by atoms with Gasteiger partial charge in [-0.3, -0.25) is 4.79 Å². The van der Waals surface area contributed by atoms with E-state index in [2.05, 4.69) is 14.9 Å². The first-order valence-corrected chi connectivity index (χ1v) is 8.76. The molecule has 2 bridgehead atoms. The number of piperidine rings is 1. The lowest BCUT2D eigenvalue weighted by Gasteiger charge is -2.56. The Hall–Kier alpha value is -2.83. The zero-order chi connectivity index (χ0) is 18.1. The van der Waals surface area contributed by atoms with Crippen LogP contribution in [0.4, 0.5) is 5.82 Å². The van der Waals surface area contributed by atoms with Gasteiger partial charge in [-0.2, -0.15) is 0 Å². The smallest absolute Gasteiger partial charge is 0.261 e. The Balaban J connectivity index is 1.36. The van der Waals surface area contributed by atoms with Gasteiger partial charge in [-0.05, 0) is 25.5 Å². The van der Waals surface area contributed by atoms with Crippen LogP contribution in [0.25, 0.3) is 0 Å². The Morgan fingerprint density at radius 1 is 1.19 bits per heavy atom. The summed E-state index contributed by atoms with van der Waals surface area (Å²) in [5, 5.41) is 0. The third kappa shape index (κ3) is 3.05. The maximum absolute atomic E-state index is 12.6. The predicted molar refractivity (Wildman–Crippen MR) is 96.5 cm³/mol. The number of hydrogen-bond acceptors (Lipinski definition) is 6. The molecule has 136 valence electrons. The molecule has 1 amide bonds. The average molecular weight is 354 g/mol. The van der Waals surface area contributed by atoms with Crippen molar-refractivity contribution >= 4 is 11.7 Å². The lowest BCUT2D eigenvalue weighted by Crippen LogP contribution is -2.71. The fourth-order valence-corrected chi connectivity index (χ4v) is 3.77. The van der Waals surface area contributed by atoms with Crippen molar-refractivity contribution in [1.82, 2.24) is 14.9 Å². The predicted octanol–water partition coefficient (Wildman–Crippen LogP) is 1.66. The molecule has 3 fully saturated rings. The van der Waals surface area contributed by atoms with Crippen LogP contribution < -0.4 is 14.4 Å². The number of ether oxygens (including phenoxy) is 2. The van der Waals surface area contributed by atoms with Crippen LogP contribution in [0, 0.1) is 6.92 Å². The van der Waals surface area contributed by atoms with Crippen molar-refractivity contribution in [2.45, 2.75) is 25.4 Å². The molecule has 0 spiro atoms. The maximum atomic E-state index is 12.6. The number of para-hydroxylation sites is 2. The molecule has 1 aromatic carbocycles. The fourth-order valence-electron chi connectivity index (χ4n) is 3.77. The first kappa shape index (κ1) is 16.6. The molecule has 2 unspecified atom stereocenters. The molecule has 5 rings (SSSR count). The SMILES string of the molecule is COc1ccccc1OCC(=O)N1C2CC1CN(c1cc(C)ncn1)C2. The molecule has 2 aromatic rings. The number of fused-ring (bicyclic) bond motifs is 2. The quantitative estimate of drug-likeness (QED) is 0.814. The minimum absolute atomic E-state index is 0.0238. The number of nitrogens with zero attached hydrogens (tertiary/aromatic N) is 4. The van der Waals surface area contributed by atoms with Crippen molar-refractivity contribution in [3.63, 3.8) is 0 Å². The summed E-state index contributed by atoms with van der Waals surface area (Å²) in [6, 6.07) is 9.79. The van der Waals surface area contributed by atoms with Crippen LogP contribution in [0.2, 0.25) is 0 Å². The van der Waals surface area contributed by atoms with E-state index in [0.717, 1.165) is 31.0 Å². The molecule has 2 atom stereocenters. The Morgan fingerprint density at radius 2 is 1.92 bits per heavy atom. The molecule has 7 nitrogen and oxygen atoms in total. The average Bonchev–Trinajstić information content (AvgIpc) is 2.66. The van der Waals surface area contributed by atoms with Crippen LogP contribution in [0.3, 0.4) is 0 Å². The highest BCUT2D eigenvalue weighted by molar-refractivity contribution is 5.80. The van der Waals surface area contributed by atoms with Crippen LogP contribution in [0.1, 0.15) is 12.1 Å². The molecule has 1 aromatic heterocycles. The number of carbonyl (C=O) groups excluding carboxylic acids is 1. The molecule has 4 heterocycles. The largest absolute Gasteiger partial charge is 0.493 e. The molecule has 0 aliphatic carbocycles. The summed E-state index contributed by atoms with van der Waals surface area (Å²) < 4.78 is 10.9. The van der Waals surface area contributed by atoms with E-state index in [1.54, 1.807) is 13.4 Å². The molecule has 3 aliphatic heterocycles. The van der Waals surface area contributed by atoms with E-state index in [1.165, 1.54) is 0 Å². The molecule has 0 radical (unpaired) electrons. The van der Waals surface area contributed by atoms with Gasteiger partial charge in [0.05, 0.1) is 19.2 Å². The van der Waals surface area contributed by atoms with E-state index in [0.29, 0.717) is 11.5 Å². The number of methoxy groups -OCH3 is 1. The Morgan fingerprint density at radius 3 is 2.62 bits per heavy atom. The van der Waals surface area contributed by atoms with Crippen LogP contribution in [-0.2, 0) is 4.79 Å². The third-order valence-corrected chi connectivity index (χ3v) is 5.01. The minimum Gasteiger partial charge on any atom is -0.493 e. The van der Waals surface area contributed by atoms with Gasteiger partial charge in [0.1, 0.15) is 12.1 Å². The normalized spacial score (nSPS) is 21.2. The second-order valence-corrected chi connectivity index (χ2v) is 6.71. The number of piperazine rings is 1. The molecular formula is C19H22N4O3. The van der Waals surface area contributed by atoms with Gasteiger partial charge in [0, 0.05) is 24.8 Å². The highest BCUT2D eigenvalue weighted by atomic mass is 16.5. The van der Waals surface area contributed by atoms with E-state index in [9.17, 15) is 4.79 Å². The molecule has 7 heteroatoms. The lowest BCUT2D eigenvalue weighted by molar-refractivity contribution is -0.148. The Labute approximate surface area is 152 Å². The maximum Gasteiger partial charge on any atom is 0.261 e. The van der Waals surface area contributed by atoms with Gasteiger partial charge < -0.3 is 19.3 Å². The van der Waals surface area contributed by atoms with Crippen molar-refractivity contribution in [3.8, 4) is 11.5 Å². The fraction of sp³-hybridized carbons (Fsp3) is 0.421. The first-order valence-electron chi connectivity index (χ1n) is 8.76. The van der Waals surface area contributed by atoms with E-state index in [-0.39, 0.29) is 24.6 Å². The monoisotopic (exact) mass is 354 g/mol. The summed E-state index contributed by atoms with van der Waals surface area (Å²) in [6.45, 7) is 3.58. The molecule has 0 N–H and O–H groups in total. The molecule has 0 saturated carbocycles. The van der Waals surface area contributed by atoms with Crippen LogP contribution in [0.5, 0.6) is 11.5 Å². The summed E-state index contributed by atoms with van der Waals surface area (Å²) in [5.74, 6) is 2.18. The van der Waals surface area contributed by atoms with E-state index < -0.39 is 0 Å². The summed E-state index contributed by atoms with van der Waals surface area (Å²) in [7, 11) is 1.59. The molecule has 3 aliphatic rings. The van der Waals surface area contributed by atoms with Crippen molar-refractivity contribution in [1.29, 1.82) is 0 Å². The zero-order valence-electron chi connectivity index (χ0n) is 15.0. The van der Waals surface area contributed by atoms with Gasteiger partial charge in [0.25, 0.3) is 5.91 Å². The number of anilines is 1. The first-order chi connectivity index (χ1) is 12.7. The van der Waals surface area contributed by atoms with Crippen molar-refractivity contribution in [2.75, 3.05) is 31.7 Å². The highest BCUT2D eigenvalue weighted by Gasteiger charge is 2.47. The minimum atomic E-state index is 0.0238. The van der Waals surface area contributed by atoms with Crippen LogP contribution >= 0.6 is 0 Å². The molecular weight excluding hydrogens is 332 g/mol. The number of hydrogen-bond donors (Lipinski definition) is 0. The van der Waals surface area contributed by atoms with Gasteiger partial charge in [0.2, 0.25) is 0 Å². The number of benzene rings is 1. The van der Waals surface area contributed by atoms with Crippen LogP contribution in [-0.4, -0.2) is 59.7 Å². The summed E-state index contributed by atoms with van der Waals surface area (Å²) >= 11 is 0. The summed E-state index contributed by atoms with van der Waals surface area (Å²) in [5.41, 5.74) is 0.951. The lowest BCUT2D eigenvalue weighted by atomic mass is 9.87. The van der Waals surface area contributed by atoms with Gasteiger partial charge >= 0.3 is 0 Å². The van der Waals surface area contributed by atoms with E-state index >= 15 is 0 Å². The van der Waals surface area contributed by atoms with E-state index in [4.69, 9.17) is 9.47 Å². The van der Waals surface area contributed by atoms with Gasteiger partial charge in [-0.15, -0.1) is 0 Å².